The van der Waals surface area contributed by atoms with Crippen LogP contribution in [0.3, 0.4) is 0 Å². The molecule has 9 heteroatoms. The Morgan fingerprint density at radius 2 is 1.91 bits per heavy atom. The van der Waals surface area contributed by atoms with Gasteiger partial charge in [-0.3, -0.25) is 19.7 Å². The molecule has 0 aliphatic carbocycles. The van der Waals surface area contributed by atoms with Gasteiger partial charge in [0.15, 0.2) is 0 Å². The molecule has 1 aliphatic rings. The summed E-state index contributed by atoms with van der Waals surface area (Å²) >= 11 is 5.61. The SMILES string of the molecule is CC(=O)N1CCCC[C@@H](n2c(NC(=O)c3cc(C)cc(NC(=O)CCl)c3)nc3cccc(C)c32)C1. The number of anilines is 2. The number of nitrogens with one attached hydrogen (secondary N) is 2. The summed E-state index contributed by atoms with van der Waals surface area (Å²) in [5.41, 5.74) is 4.53. The third kappa shape index (κ3) is 5.48. The normalized spacial score (nSPS) is 16.1. The lowest BCUT2D eigenvalue weighted by Gasteiger charge is -2.26. The summed E-state index contributed by atoms with van der Waals surface area (Å²) in [7, 11) is 0. The summed E-state index contributed by atoms with van der Waals surface area (Å²) in [5.74, 6) is -0.347. The lowest BCUT2D eigenvalue weighted by Crippen LogP contribution is -2.34. The molecule has 2 N–H and O–H groups in total. The molecular weight excluding hydrogens is 466 g/mol. The number of nitrogens with zero attached hydrogens (tertiary/aromatic N) is 3. The molecule has 2 heterocycles. The first-order valence-corrected chi connectivity index (χ1v) is 12.3. The maximum absolute atomic E-state index is 13.3. The summed E-state index contributed by atoms with van der Waals surface area (Å²) in [4.78, 5) is 43.9. The van der Waals surface area contributed by atoms with Crippen LogP contribution in [0.4, 0.5) is 11.6 Å². The Morgan fingerprint density at radius 3 is 2.66 bits per heavy atom. The van der Waals surface area contributed by atoms with Crippen LogP contribution in [0.15, 0.2) is 36.4 Å². The molecule has 3 amide bonds. The van der Waals surface area contributed by atoms with E-state index in [1.165, 1.54) is 0 Å². The van der Waals surface area contributed by atoms with E-state index in [1.807, 2.05) is 36.9 Å². The molecule has 0 saturated carbocycles. The summed E-state index contributed by atoms with van der Waals surface area (Å²) < 4.78 is 2.08. The van der Waals surface area contributed by atoms with Crippen LogP contribution in [-0.2, 0) is 9.59 Å². The summed E-state index contributed by atoms with van der Waals surface area (Å²) in [5, 5.41) is 5.69. The lowest BCUT2D eigenvalue weighted by molar-refractivity contribution is -0.129. The Kier molecular flexibility index (Phi) is 7.40. The van der Waals surface area contributed by atoms with Gasteiger partial charge >= 0.3 is 0 Å². The van der Waals surface area contributed by atoms with Gasteiger partial charge in [0.05, 0.1) is 17.1 Å². The van der Waals surface area contributed by atoms with Crippen LogP contribution >= 0.6 is 11.6 Å². The van der Waals surface area contributed by atoms with Gasteiger partial charge in [-0.25, -0.2) is 4.98 Å². The van der Waals surface area contributed by atoms with Crippen LogP contribution in [0.1, 0.15) is 53.7 Å². The Morgan fingerprint density at radius 1 is 1.11 bits per heavy atom. The van der Waals surface area contributed by atoms with Crippen molar-refractivity contribution in [3.8, 4) is 0 Å². The van der Waals surface area contributed by atoms with Gasteiger partial charge in [-0.2, -0.15) is 0 Å². The van der Waals surface area contributed by atoms with Gasteiger partial charge in [0.25, 0.3) is 5.91 Å². The summed E-state index contributed by atoms with van der Waals surface area (Å²) in [6, 6.07) is 11.0. The number of likely N-dealkylation sites (tertiary alicyclic amines) is 1. The molecule has 0 bridgehead atoms. The first kappa shape index (κ1) is 24.7. The third-order valence-corrected chi connectivity index (χ3v) is 6.58. The molecule has 35 heavy (non-hydrogen) atoms. The van der Waals surface area contributed by atoms with Crippen molar-refractivity contribution in [2.24, 2.45) is 0 Å². The molecule has 1 saturated heterocycles. The number of amides is 3. The number of hydrogen-bond acceptors (Lipinski definition) is 4. The second-order valence-corrected chi connectivity index (χ2v) is 9.35. The van der Waals surface area contributed by atoms with Gasteiger partial charge in [0.1, 0.15) is 5.88 Å². The fourth-order valence-corrected chi connectivity index (χ4v) is 4.80. The van der Waals surface area contributed by atoms with E-state index in [2.05, 4.69) is 15.2 Å². The fourth-order valence-electron chi connectivity index (χ4n) is 4.74. The monoisotopic (exact) mass is 495 g/mol. The number of fused-ring (bicyclic) bond motifs is 1. The van der Waals surface area contributed by atoms with Crippen LogP contribution in [-0.4, -0.2) is 51.1 Å². The Labute approximate surface area is 209 Å². The van der Waals surface area contributed by atoms with Gasteiger partial charge < -0.3 is 14.8 Å². The molecule has 0 unspecified atom stereocenters. The maximum atomic E-state index is 13.3. The average Bonchev–Trinajstić information content (AvgIpc) is 3.00. The molecule has 1 fully saturated rings. The quantitative estimate of drug-likeness (QED) is 0.503. The highest BCUT2D eigenvalue weighted by Gasteiger charge is 2.26. The van der Waals surface area contributed by atoms with Crippen molar-refractivity contribution in [2.45, 2.75) is 46.1 Å². The smallest absolute Gasteiger partial charge is 0.258 e. The number of hydrogen-bond donors (Lipinski definition) is 2. The van der Waals surface area contributed by atoms with Crippen LogP contribution < -0.4 is 10.6 Å². The number of carbonyl (C=O) groups is 3. The average molecular weight is 496 g/mol. The van der Waals surface area contributed by atoms with E-state index in [9.17, 15) is 14.4 Å². The second kappa shape index (κ2) is 10.5. The standard InChI is InChI=1S/C26H30ClN5O3/c1-16-11-19(13-20(12-16)28-23(34)14-27)25(35)30-26-29-22-9-6-7-17(2)24(22)32(26)21-8-4-5-10-31(15-21)18(3)33/h6-7,9,11-13,21H,4-5,8,10,14-15H2,1-3H3,(H,28,34)(H,29,30,35)/t21-/m1/s1. The number of carbonyl (C=O) groups excluding carboxylic acids is 3. The highest BCUT2D eigenvalue weighted by molar-refractivity contribution is 6.29. The third-order valence-electron chi connectivity index (χ3n) is 6.34. The molecule has 3 aromatic rings. The number of aryl methyl sites for hydroxylation is 2. The van der Waals surface area contributed by atoms with Crippen LogP contribution in [0.2, 0.25) is 0 Å². The molecule has 1 aliphatic heterocycles. The fraction of sp³-hybridized carbons (Fsp3) is 0.385. The molecular formula is C26H30ClN5O3. The Balaban J connectivity index is 1.72. The number of aromatic nitrogens is 2. The zero-order valence-corrected chi connectivity index (χ0v) is 21.0. The van der Waals surface area contributed by atoms with Gasteiger partial charge in [0, 0.05) is 31.3 Å². The highest BCUT2D eigenvalue weighted by Crippen LogP contribution is 2.32. The lowest BCUT2D eigenvalue weighted by atomic mass is 10.1. The van der Waals surface area contributed by atoms with Crippen molar-refractivity contribution in [3.05, 3.63) is 53.1 Å². The molecule has 1 aromatic heterocycles. The van der Waals surface area contributed by atoms with E-state index in [0.29, 0.717) is 23.7 Å². The predicted octanol–water partition coefficient (Wildman–Crippen LogP) is 4.66. The van der Waals surface area contributed by atoms with Gasteiger partial charge in [-0.1, -0.05) is 12.1 Å². The predicted molar refractivity (Wildman–Crippen MR) is 138 cm³/mol. The van der Waals surface area contributed by atoms with E-state index in [0.717, 1.165) is 48.0 Å². The minimum Gasteiger partial charge on any atom is -0.341 e. The zero-order valence-electron chi connectivity index (χ0n) is 20.2. The minimum atomic E-state index is -0.343. The van der Waals surface area contributed by atoms with Crippen molar-refractivity contribution < 1.29 is 14.4 Å². The second-order valence-electron chi connectivity index (χ2n) is 9.09. The van der Waals surface area contributed by atoms with Gasteiger partial charge in [-0.05, 0) is 68.5 Å². The molecule has 184 valence electrons. The maximum Gasteiger partial charge on any atom is 0.258 e. The van der Waals surface area contributed by atoms with E-state index in [1.54, 1.807) is 25.1 Å². The number of halogens is 1. The van der Waals surface area contributed by atoms with E-state index < -0.39 is 0 Å². The number of alkyl halides is 1. The number of rotatable bonds is 5. The van der Waals surface area contributed by atoms with E-state index in [4.69, 9.17) is 16.6 Å². The molecule has 8 nitrogen and oxygen atoms in total. The Bertz CT molecular complexity index is 1290. The van der Waals surface area contributed by atoms with E-state index >= 15 is 0 Å². The van der Waals surface area contributed by atoms with Gasteiger partial charge in [-0.15, -0.1) is 11.6 Å². The zero-order chi connectivity index (χ0) is 25.1. The van der Waals surface area contributed by atoms with Crippen LogP contribution in [0, 0.1) is 13.8 Å². The Hall–Kier alpha value is -3.39. The first-order valence-electron chi connectivity index (χ1n) is 11.8. The van der Waals surface area contributed by atoms with Crippen molar-refractivity contribution in [1.29, 1.82) is 0 Å². The molecule has 0 spiro atoms. The van der Waals surface area contributed by atoms with Crippen LogP contribution in [0.5, 0.6) is 0 Å². The molecule has 0 radical (unpaired) electrons. The molecule has 2 aromatic carbocycles. The van der Waals surface area contributed by atoms with Crippen molar-refractivity contribution in [1.82, 2.24) is 14.5 Å². The minimum absolute atomic E-state index is 0.0149. The molecule has 4 rings (SSSR count). The highest BCUT2D eigenvalue weighted by atomic mass is 35.5. The van der Waals surface area contributed by atoms with Crippen molar-refractivity contribution >= 4 is 52.0 Å². The number of benzene rings is 2. The topological polar surface area (TPSA) is 96.3 Å². The van der Waals surface area contributed by atoms with E-state index in [-0.39, 0.29) is 29.6 Å². The first-order chi connectivity index (χ1) is 16.8. The number of imidazole rings is 1. The van der Waals surface area contributed by atoms with Crippen molar-refractivity contribution in [2.75, 3.05) is 29.6 Å². The number of para-hydroxylation sites is 1. The van der Waals surface area contributed by atoms with Crippen molar-refractivity contribution in [3.63, 3.8) is 0 Å². The molecule has 1 atom stereocenters. The summed E-state index contributed by atoms with van der Waals surface area (Å²) in [6.45, 7) is 6.78. The van der Waals surface area contributed by atoms with Crippen LogP contribution in [0.25, 0.3) is 11.0 Å². The summed E-state index contributed by atoms with van der Waals surface area (Å²) in [6.07, 6.45) is 2.81. The largest absolute Gasteiger partial charge is 0.341 e. The van der Waals surface area contributed by atoms with Gasteiger partial charge in [0.2, 0.25) is 17.8 Å².